The number of ether oxygens (including phenoxy) is 1. The standard InChI is InChI=1S/C18H11N3O3/c19-10-12-6-8-13(9-7-12)16-15(11-20)17(24-18(16)21(22)23)14-4-2-1-3-5-14/h1-9,16,18H/t16-,18-/m0/s1. The van der Waals surface area contributed by atoms with Crippen molar-refractivity contribution in [3.63, 3.8) is 0 Å². The minimum atomic E-state index is -1.37. The van der Waals surface area contributed by atoms with Gasteiger partial charge in [-0.3, -0.25) is 10.1 Å². The molecule has 0 unspecified atom stereocenters. The minimum absolute atomic E-state index is 0.215. The van der Waals surface area contributed by atoms with E-state index in [0.29, 0.717) is 16.7 Å². The Morgan fingerprint density at radius 1 is 1.00 bits per heavy atom. The molecule has 2 aromatic rings. The Morgan fingerprint density at radius 3 is 2.21 bits per heavy atom. The van der Waals surface area contributed by atoms with Gasteiger partial charge in [-0.1, -0.05) is 42.5 Å². The molecule has 0 saturated carbocycles. The summed E-state index contributed by atoms with van der Waals surface area (Å²) in [7, 11) is 0. The second-order valence-corrected chi connectivity index (χ2v) is 5.23. The van der Waals surface area contributed by atoms with E-state index >= 15 is 0 Å². The molecule has 116 valence electrons. The third kappa shape index (κ3) is 2.57. The maximum Gasteiger partial charge on any atom is 0.365 e. The molecule has 0 N–H and O–H groups in total. The summed E-state index contributed by atoms with van der Waals surface area (Å²) in [6, 6.07) is 19.3. The molecule has 0 spiro atoms. The van der Waals surface area contributed by atoms with Crippen LogP contribution in [-0.2, 0) is 4.74 Å². The number of nitriles is 2. The van der Waals surface area contributed by atoms with Crippen LogP contribution in [0.3, 0.4) is 0 Å². The molecular weight excluding hydrogens is 306 g/mol. The Labute approximate surface area is 138 Å². The fourth-order valence-corrected chi connectivity index (χ4v) is 2.73. The molecular formula is C18H11N3O3. The number of benzene rings is 2. The molecule has 6 nitrogen and oxygen atoms in total. The van der Waals surface area contributed by atoms with Crippen LogP contribution < -0.4 is 0 Å². The molecule has 0 aliphatic carbocycles. The Balaban J connectivity index is 2.12. The lowest BCUT2D eigenvalue weighted by Crippen LogP contribution is -2.26. The highest BCUT2D eigenvalue weighted by Gasteiger charge is 2.46. The van der Waals surface area contributed by atoms with E-state index in [-0.39, 0.29) is 11.3 Å². The van der Waals surface area contributed by atoms with E-state index in [1.165, 1.54) is 0 Å². The Morgan fingerprint density at radius 2 is 1.67 bits per heavy atom. The monoisotopic (exact) mass is 317 g/mol. The number of nitrogens with zero attached hydrogens (tertiary/aromatic N) is 3. The van der Waals surface area contributed by atoms with Gasteiger partial charge in [0.15, 0.2) is 0 Å². The van der Waals surface area contributed by atoms with Gasteiger partial charge in [-0.15, -0.1) is 0 Å². The molecule has 1 heterocycles. The quantitative estimate of drug-likeness (QED) is 0.639. The maximum atomic E-state index is 11.4. The van der Waals surface area contributed by atoms with Crippen molar-refractivity contribution in [1.29, 1.82) is 10.5 Å². The van der Waals surface area contributed by atoms with Gasteiger partial charge < -0.3 is 4.74 Å². The zero-order valence-electron chi connectivity index (χ0n) is 12.4. The van der Waals surface area contributed by atoms with E-state index in [9.17, 15) is 15.4 Å². The zero-order chi connectivity index (χ0) is 17.1. The van der Waals surface area contributed by atoms with Gasteiger partial charge in [-0.2, -0.15) is 10.5 Å². The summed E-state index contributed by atoms with van der Waals surface area (Å²) in [5.41, 5.74) is 1.85. The summed E-state index contributed by atoms with van der Waals surface area (Å²) in [5, 5.41) is 29.9. The van der Waals surface area contributed by atoms with Crippen LogP contribution in [0.5, 0.6) is 0 Å². The van der Waals surface area contributed by atoms with Crippen LogP contribution in [0.1, 0.15) is 22.6 Å². The first-order chi connectivity index (χ1) is 11.7. The van der Waals surface area contributed by atoms with E-state index in [1.54, 1.807) is 48.5 Å². The third-order valence-electron chi connectivity index (χ3n) is 3.84. The van der Waals surface area contributed by atoms with Crippen molar-refractivity contribution < 1.29 is 9.66 Å². The second-order valence-electron chi connectivity index (χ2n) is 5.23. The van der Waals surface area contributed by atoms with Gasteiger partial charge in [-0.25, -0.2) is 0 Å². The van der Waals surface area contributed by atoms with Crippen molar-refractivity contribution in [1.82, 2.24) is 0 Å². The predicted octanol–water partition coefficient (Wildman–Crippen LogP) is 3.21. The first-order valence-electron chi connectivity index (χ1n) is 7.15. The number of hydrogen-bond donors (Lipinski definition) is 0. The van der Waals surface area contributed by atoms with E-state index in [0.717, 1.165) is 0 Å². The highest BCUT2D eigenvalue weighted by Crippen LogP contribution is 2.42. The minimum Gasteiger partial charge on any atom is -0.427 e. The molecule has 0 bridgehead atoms. The van der Waals surface area contributed by atoms with Crippen LogP contribution in [0.25, 0.3) is 5.76 Å². The predicted molar refractivity (Wildman–Crippen MR) is 84.7 cm³/mol. The number of nitro groups is 1. The fourth-order valence-electron chi connectivity index (χ4n) is 2.73. The SMILES string of the molecule is N#CC1=C(c2ccccc2)O[C@H]([N+](=O)[O-])[C@H]1c1ccc(C#N)cc1. The lowest BCUT2D eigenvalue weighted by atomic mass is 9.90. The van der Waals surface area contributed by atoms with Crippen molar-refractivity contribution in [2.75, 3.05) is 0 Å². The Bertz CT molecular complexity index is 890. The third-order valence-corrected chi connectivity index (χ3v) is 3.84. The van der Waals surface area contributed by atoms with Crippen LogP contribution >= 0.6 is 0 Å². The van der Waals surface area contributed by atoms with Crippen LogP contribution in [0.15, 0.2) is 60.2 Å². The fraction of sp³-hybridized carbons (Fsp3) is 0.111. The van der Waals surface area contributed by atoms with Gasteiger partial charge in [0.1, 0.15) is 11.7 Å². The summed E-state index contributed by atoms with van der Waals surface area (Å²) < 4.78 is 5.53. The Hall–Kier alpha value is -3.64. The first kappa shape index (κ1) is 15.3. The largest absolute Gasteiger partial charge is 0.427 e. The highest BCUT2D eigenvalue weighted by atomic mass is 16.7. The topological polar surface area (TPSA) is 99.9 Å². The number of hydrogen-bond acceptors (Lipinski definition) is 5. The summed E-state index contributed by atoms with van der Waals surface area (Å²) >= 11 is 0. The van der Waals surface area contributed by atoms with Gasteiger partial charge in [0, 0.05) is 5.56 Å². The molecule has 0 fully saturated rings. The van der Waals surface area contributed by atoms with Crippen LogP contribution in [0.4, 0.5) is 0 Å². The number of rotatable bonds is 3. The van der Waals surface area contributed by atoms with Crippen molar-refractivity contribution in [2.24, 2.45) is 0 Å². The lowest BCUT2D eigenvalue weighted by Gasteiger charge is -2.12. The zero-order valence-corrected chi connectivity index (χ0v) is 12.4. The van der Waals surface area contributed by atoms with E-state index in [4.69, 9.17) is 10.00 Å². The molecule has 0 saturated heterocycles. The van der Waals surface area contributed by atoms with Crippen LogP contribution in [0, 0.1) is 32.8 Å². The van der Waals surface area contributed by atoms with Gasteiger partial charge in [0.25, 0.3) is 0 Å². The average Bonchev–Trinajstić information content (AvgIpc) is 3.02. The van der Waals surface area contributed by atoms with Crippen molar-refractivity contribution in [2.45, 2.75) is 12.1 Å². The normalized spacial score (nSPS) is 19.2. The molecule has 2 atom stereocenters. The van der Waals surface area contributed by atoms with E-state index < -0.39 is 17.1 Å². The Kier molecular flexibility index (Phi) is 3.96. The second kappa shape index (κ2) is 6.23. The van der Waals surface area contributed by atoms with Gasteiger partial charge in [0.2, 0.25) is 0 Å². The molecule has 1 aliphatic heterocycles. The van der Waals surface area contributed by atoms with Crippen LogP contribution in [-0.4, -0.2) is 11.2 Å². The molecule has 24 heavy (non-hydrogen) atoms. The molecule has 1 aliphatic rings. The molecule has 6 heteroatoms. The van der Waals surface area contributed by atoms with Gasteiger partial charge in [0.05, 0.1) is 28.2 Å². The van der Waals surface area contributed by atoms with Gasteiger partial charge >= 0.3 is 6.23 Å². The van der Waals surface area contributed by atoms with E-state index in [2.05, 4.69) is 6.07 Å². The van der Waals surface area contributed by atoms with Crippen molar-refractivity contribution in [3.05, 3.63) is 87.0 Å². The molecule has 0 aromatic heterocycles. The van der Waals surface area contributed by atoms with Crippen LogP contribution in [0.2, 0.25) is 0 Å². The molecule has 3 rings (SSSR count). The summed E-state index contributed by atoms with van der Waals surface area (Å²) in [6.07, 6.45) is -1.37. The smallest absolute Gasteiger partial charge is 0.365 e. The molecule has 0 amide bonds. The highest BCUT2D eigenvalue weighted by molar-refractivity contribution is 5.71. The van der Waals surface area contributed by atoms with E-state index in [1.807, 2.05) is 12.1 Å². The van der Waals surface area contributed by atoms with Crippen molar-refractivity contribution in [3.8, 4) is 12.1 Å². The lowest BCUT2D eigenvalue weighted by molar-refractivity contribution is -0.567. The summed E-state index contributed by atoms with van der Waals surface area (Å²) in [4.78, 5) is 10.9. The first-order valence-corrected chi connectivity index (χ1v) is 7.15. The molecule has 0 radical (unpaired) electrons. The summed E-state index contributed by atoms with van der Waals surface area (Å²) in [6.45, 7) is 0. The average molecular weight is 317 g/mol. The summed E-state index contributed by atoms with van der Waals surface area (Å²) in [5.74, 6) is -0.581. The van der Waals surface area contributed by atoms with Gasteiger partial charge in [-0.05, 0) is 17.7 Å². The maximum absolute atomic E-state index is 11.4. The molecule has 2 aromatic carbocycles. The van der Waals surface area contributed by atoms with Crippen molar-refractivity contribution >= 4 is 5.76 Å².